The van der Waals surface area contributed by atoms with Crippen LogP contribution in [0.5, 0.6) is 0 Å². The average Bonchev–Trinajstić information content (AvgIpc) is 2.75. The lowest BCUT2D eigenvalue weighted by molar-refractivity contribution is 0.544. The molecule has 0 fully saturated rings. The van der Waals surface area contributed by atoms with E-state index < -0.39 is 23.3 Å². The van der Waals surface area contributed by atoms with Crippen molar-refractivity contribution >= 4 is 0 Å². The summed E-state index contributed by atoms with van der Waals surface area (Å²) in [5.41, 5.74) is 2.16. The highest BCUT2D eigenvalue weighted by atomic mass is 19.1. The van der Waals surface area contributed by atoms with Crippen molar-refractivity contribution in [2.24, 2.45) is 0 Å². The maximum Gasteiger partial charge on any atom is 0.129 e. The smallest absolute Gasteiger partial charge is 0.129 e. The van der Waals surface area contributed by atoms with Gasteiger partial charge in [-0.2, -0.15) is 0 Å². The van der Waals surface area contributed by atoms with Gasteiger partial charge in [-0.3, -0.25) is 0 Å². The van der Waals surface area contributed by atoms with Crippen molar-refractivity contribution in [1.82, 2.24) is 0 Å². The van der Waals surface area contributed by atoms with E-state index in [1.807, 2.05) is 19.9 Å². The van der Waals surface area contributed by atoms with E-state index in [4.69, 9.17) is 0 Å². The second-order valence-corrected chi connectivity index (χ2v) is 8.50. The Bertz CT molecular complexity index is 1060. The van der Waals surface area contributed by atoms with E-state index in [0.717, 1.165) is 18.4 Å². The molecule has 0 unspecified atom stereocenters. The first kappa shape index (κ1) is 24.9. The molecule has 0 N–H and O–H groups in total. The number of aryl methyl sites for hydroxylation is 4. The minimum absolute atomic E-state index is 0.0164. The number of hydrogen-bond acceptors (Lipinski definition) is 0. The fourth-order valence-electron chi connectivity index (χ4n) is 4.11. The molecule has 0 aliphatic heterocycles. The first-order valence-electron chi connectivity index (χ1n) is 11.5. The summed E-state index contributed by atoms with van der Waals surface area (Å²) < 4.78 is 71.8. The highest BCUT2D eigenvalue weighted by Crippen LogP contribution is 2.22. The molecule has 176 valence electrons. The molecule has 0 spiro atoms. The van der Waals surface area contributed by atoms with Crippen molar-refractivity contribution in [3.05, 3.63) is 105 Å². The molecular formula is C28H29F5. The molecule has 0 radical (unpaired) electrons. The first-order chi connectivity index (χ1) is 15.8. The van der Waals surface area contributed by atoms with Crippen LogP contribution in [0.1, 0.15) is 60.1 Å². The Morgan fingerprint density at radius 3 is 1.39 bits per heavy atom. The third-order valence-corrected chi connectivity index (χ3v) is 5.90. The largest absolute Gasteiger partial charge is 0.207 e. The van der Waals surface area contributed by atoms with E-state index in [0.29, 0.717) is 42.4 Å². The van der Waals surface area contributed by atoms with Crippen LogP contribution in [-0.2, 0) is 38.5 Å². The zero-order valence-corrected chi connectivity index (χ0v) is 19.1. The van der Waals surface area contributed by atoms with E-state index >= 15 is 0 Å². The Kier molecular flexibility index (Phi) is 8.65. The minimum atomic E-state index is -0.702. The van der Waals surface area contributed by atoms with Gasteiger partial charge in [0.2, 0.25) is 0 Å². The molecule has 0 saturated carbocycles. The molecule has 0 atom stereocenters. The van der Waals surface area contributed by atoms with Crippen LogP contribution in [0.3, 0.4) is 0 Å². The zero-order chi connectivity index (χ0) is 24.0. The van der Waals surface area contributed by atoms with Gasteiger partial charge in [-0.15, -0.1) is 0 Å². The van der Waals surface area contributed by atoms with Crippen molar-refractivity contribution < 1.29 is 22.0 Å². The summed E-state index contributed by atoms with van der Waals surface area (Å²) in [5.74, 6) is -2.96. The van der Waals surface area contributed by atoms with Gasteiger partial charge in [0.05, 0.1) is 0 Å². The number of benzene rings is 3. The lowest BCUT2D eigenvalue weighted by Gasteiger charge is -2.11. The second-order valence-electron chi connectivity index (χ2n) is 8.50. The van der Waals surface area contributed by atoms with E-state index in [2.05, 4.69) is 0 Å². The molecule has 0 aliphatic rings. The Morgan fingerprint density at radius 2 is 0.909 bits per heavy atom. The molecule has 0 aliphatic carbocycles. The summed E-state index contributed by atoms with van der Waals surface area (Å²) in [4.78, 5) is 0. The van der Waals surface area contributed by atoms with Crippen molar-refractivity contribution in [3.8, 4) is 0 Å². The molecule has 3 aromatic rings. The monoisotopic (exact) mass is 460 g/mol. The van der Waals surface area contributed by atoms with Gasteiger partial charge in [0.25, 0.3) is 0 Å². The quantitative estimate of drug-likeness (QED) is 0.270. The van der Waals surface area contributed by atoms with Crippen molar-refractivity contribution in [2.75, 3.05) is 0 Å². The minimum Gasteiger partial charge on any atom is -0.207 e. The first-order valence-corrected chi connectivity index (χ1v) is 11.5. The lowest BCUT2D eigenvalue weighted by atomic mass is 9.97. The summed E-state index contributed by atoms with van der Waals surface area (Å²) in [7, 11) is 0. The van der Waals surface area contributed by atoms with Crippen LogP contribution in [0.2, 0.25) is 0 Å². The van der Waals surface area contributed by atoms with Crippen LogP contribution in [0, 0.1) is 29.1 Å². The normalized spacial score (nSPS) is 11.2. The van der Waals surface area contributed by atoms with E-state index in [1.54, 1.807) is 6.07 Å². The van der Waals surface area contributed by atoms with Gasteiger partial charge < -0.3 is 0 Å². The molecule has 0 saturated heterocycles. The maximum absolute atomic E-state index is 14.6. The summed E-state index contributed by atoms with van der Waals surface area (Å²) in [6.45, 7) is 3.86. The van der Waals surface area contributed by atoms with E-state index in [1.165, 1.54) is 30.3 Å². The fraction of sp³-hybridized carbons (Fsp3) is 0.357. The highest BCUT2D eigenvalue weighted by Gasteiger charge is 2.15. The van der Waals surface area contributed by atoms with Crippen LogP contribution in [-0.4, -0.2) is 0 Å². The molecule has 0 aromatic heterocycles. The topological polar surface area (TPSA) is 0 Å². The Hall–Kier alpha value is -2.69. The predicted octanol–water partition coefficient (Wildman–Crippen LogP) is 7.86. The van der Waals surface area contributed by atoms with Gasteiger partial charge in [0.15, 0.2) is 0 Å². The second kappa shape index (κ2) is 11.4. The van der Waals surface area contributed by atoms with Gasteiger partial charge in [-0.25, -0.2) is 22.0 Å². The molecule has 5 heteroatoms. The summed E-state index contributed by atoms with van der Waals surface area (Å²) >= 11 is 0. The number of halogens is 5. The summed E-state index contributed by atoms with van der Waals surface area (Å²) in [6.07, 6.45) is 3.38. The molecule has 0 bridgehead atoms. The Balaban J connectivity index is 1.67. The number of hydrogen-bond donors (Lipinski definition) is 0. The van der Waals surface area contributed by atoms with Crippen LogP contribution in [0.25, 0.3) is 0 Å². The van der Waals surface area contributed by atoms with Crippen molar-refractivity contribution in [1.29, 1.82) is 0 Å². The third-order valence-electron chi connectivity index (χ3n) is 5.90. The van der Waals surface area contributed by atoms with Crippen molar-refractivity contribution in [2.45, 2.75) is 65.2 Å². The molecule has 33 heavy (non-hydrogen) atoms. The van der Waals surface area contributed by atoms with Crippen LogP contribution in [0.4, 0.5) is 22.0 Å². The van der Waals surface area contributed by atoms with Crippen LogP contribution >= 0.6 is 0 Å². The molecule has 0 nitrogen and oxygen atoms in total. The van der Waals surface area contributed by atoms with Gasteiger partial charge in [0.1, 0.15) is 29.1 Å². The molecule has 3 rings (SSSR count). The third kappa shape index (κ3) is 6.43. The van der Waals surface area contributed by atoms with Crippen LogP contribution in [0.15, 0.2) is 42.5 Å². The van der Waals surface area contributed by atoms with Gasteiger partial charge in [0, 0.05) is 11.1 Å². The summed E-state index contributed by atoms with van der Waals surface area (Å²) in [6, 6.07) is 10.1. The molecule has 0 heterocycles. The molecule has 0 amide bonds. The van der Waals surface area contributed by atoms with E-state index in [-0.39, 0.29) is 29.8 Å². The SMILES string of the molecule is CCCc1ccc(CCc2cc(F)c(CCc3cc(F)c(CCC)c(F)c3)c(F)c2)c(F)c1. The predicted molar refractivity (Wildman–Crippen MR) is 122 cm³/mol. The summed E-state index contributed by atoms with van der Waals surface area (Å²) in [5, 5.41) is 0. The maximum atomic E-state index is 14.6. The average molecular weight is 461 g/mol. The standard InChI is InChI=1S/C28H29F5/c1-3-5-18-7-10-21(24(29)13-18)11-8-19-14-27(32)23(28(33)15-19)12-9-20-16-25(30)22(6-4-2)26(31)17-20/h7,10,13-17H,3-6,8-9,11-12H2,1-2H3. The zero-order valence-electron chi connectivity index (χ0n) is 19.1. The van der Waals surface area contributed by atoms with Gasteiger partial charge in [-0.05, 0) is 91.1 Å². The van der Waals surface area contributed by atoms with Gasteiger partial charge >= 0.3 is 0 Å². The van der Waals surface area contributed by atoms with E-state index in [9.17, 15) is 22.0 Å². The fourth-order valence-corrected chi connectivity index (χ4v) is 4.11. The highest BCUT2D eigenvalue weighted by molar-refractivity contribution is 5.31. The van der Waals surface area contributed by atoms with Crippen LogP contribution < -0.4 is 0 Å². The van der Waals surface area contributed by atoms with Gasteiger partial charge in [-0.1, -0.05) is 38.8 Å². The Morgan fingerprint density at radius 1 is 0.455 bits per heavy atom. The Labute approximate surface area is 192 Å². The molecular weight excluding hydrogens is 431 g/mol. The number of rotatable bonds is 10. The van der Waals surface area contributed by atoms with Crippen molar-refractivity contribution in [3.63, 3.8) is 0 Å². The lowest BCUT2D eigenvalue weighted by Crippen LogP contribution is -2.04. The molecule has 3 aromatic carbocycles.